The molecule has 0 aliphatic rings. The summed E-state index contributed by atoms with van der Waals surface area (Å²) in [6.07, 6.45) is 4.84. The summed E-state index contributed by atoms with van der Waals surface area (Å²) in [6, 6.07) is 9.74. The van der Waals surface area contributed by atoms with Gasteiger partial charge in [-0.25, -0.2) is 4.79 Å². The first-order valence-electron chi connectivity index (χ1n) is 22.5. The lowest BCUT2D eigenvalue weighted by Crippen LogP contribution is -2.41. The number of hydrogen-bond donors (Lipinski definition) is 4. The Morgan fingerprint density at radius 2 is 1.05 bits per heavy atom. The normalized spacial score (nSPS) is 13.9. The fraction of sp³-hybridized carbons (Fsp3) is 0.545. The van der Waals surface area contributed by atoms with Gasteiger partial charge in [0, 0.05) is 57.3 Å². The number of amides is 4. The highest BCUT2D eigenvalue weighted by atomic mass is 35.5. The van der Waals surface area contributed by atoms with Gasteiger partial charge in [0.25, 0.3) is 11.8 Å². The molecule has 332 valence electrons. The van der Waals surface area contributed by atoms with Crippen molar-refractivity contribution in [3.8, 4) is 0 Å². The van der Waals surface area contributed by atoms with Crippen LogP contribution in [0.15, 0.2) is 48.5 Å². The minimum absolute atomic E-state index is 0.136. The average molecular weight is 865 g/mol. The number of esters is 3. The van der Waals surface area contributed by atoms with Gasteiger partial charge in [0.1, 0.15) is 17.2 Å². The molecule has 2 aromatic carbocycles. The fourth-order valence-electron chi connectivity index (χ4n) is 5.39. The number of ether oxygens (including phenoxy) is 3. The van der Waals surface area contributed by atoms with Crippen molar-refractivity contribution in [2.24, 2.45) is 0 Å². The van der Waals surface area contributed by atoms with Crippen LogP contribution >= 0.6 is 11.6 Å². The van der Waals surface area contributed by atoms with Gasteiger partial charge in [0.05, 0.1) is 19.0 Å². The van der Waals surface area contributed by atoms with Gasteiger partial charge in [0.2, 0.25) is 11.8 Å². The lowest BCUT2D eigenvalue weighted by Gasteiger charge is -2.19. The van der Waals surface area contributed by atoms with Crippen LogP contribution in [0.1, 0.15) is 148 Å². The molecule has 2 atom stereocenters. The summed E-state index contributed by atoms with van der Waals surface area (Å²) in [7, 11) is 1.22. The third-order valence-corrected chi connectivity index (χ3v) is 8.23. The molecule has 0 radical (unpaired) electrons. The van der Waals surface area contributed by atoms with Crippen molar-refractivity contribution in [2.45, 2.75) is 143 Å². The number of nitrogens with one attached hydrogen (secondary N) is 4. The molecule has 0 bridgehead atoms. The average Bonchev–Trinajstić information content (AvgIpc) is 3.20. The quantitative estimate of drug-likeness (QED) is 0.0432. The minimum Gasteiger partial charge on any atom is -0.467 e. The monoisotopic (exact) mass is 864 g/mol. The lowest BCUT2D eigenvalue weighted by molar-refractivity contribution is -0.156. The van der Waals surface area contributed by atoms with E-state index in [1.54, 1.807) is 41.5 Å². The van der Waals surface area contributed by atoms with Crippen LogP contribution in [0, 0.1) is 0 Å². The van der Waals surface area contributed by atoms with E-state index >= 15 is 0 Å². The predicted octanol–water partition coefficient (Wildman–Crippen LogP) is 7.05. The van der Waals surface area contributed by atoms with Gasteiger partial charge in [-0.2, -0.15) is 0 Å². The standard InChI is InChI=1S/C22H31ClN2O5.C22H32N2O6/c1-15(26)24-17-10-8-9-16(13-17)21(29)25-18(19(27)14-23)11-6-5-7-12-20(28)30-22(2,3)4;1-15(25)23-17-11-9-10-16(14-17)20(27)24-18(21(28)29-5)12-7-6-8-13-19(26)30-22(2,3)4/h8-10,13,18H,5-7,11-12,14H2,1-4H3,(H,24,26)(H,25,29);9-11,14,18H,6-8,12-13H2,1-5H3,(H,23,25)(H,24,27)/t2*18-/m11/s1/i2*1D3. The SMILES string of the molecule is [2H]C([2H])([2H])C(=O)Nc1cccc(C(=O)N[C@H](CCCCCC(=O)OC(C)(C)C)C(=O)CCl)c1.[2H]C([2H])([2H])C(=O)Nc1cccc(C(=O)N[C@H](CCCCCC(=O)OC(C)(C)C)C(=O)OC)c1. The molecule has 0 spiro atoms. The molecule has 4 amide bonds. The van der Waals surface area contributed by atoms with Gasteiger partial charge in [-0.1, -0.05) is 37.8 Å². The number of halogens is 1. The molecule has 60 heavy (non-hydrogen) atoms. The first-order chi connectivity index (χ1) is 30.4. The van der Waals surface area contributed by atoms with E-state index in [4.69, 9.17) is 34.0 Å². The van der Waals surface area contributed by atoms with Crippen molar-refractivity contribution < 1.29 is 60.8 Å². The maximum atomic E-state index is 12.6. The number of rotatable bonds is 21. The number of unbranched alkanes of at least 4 members (excludes halogenated alkanes) is 4. The summed E-state index contributed by atoms with van der Waals surface area (Å²) in [5.41, 5.74) is -0.504. The van der Waals surface area contributed by atoms with Crippen molar-refractivity contribution in [2.75, 3.05) is 23.6 Å². The molecule has 0 heterocycles. The zero-order valence-corrected chi connectivity index (χ0v) is 36.2. The van der Waals surface area contributed by atoms with Crippen LogP contribution in [0.5, 0.6) is 0 Å². The number of ketones is 1. The second-order valence-corrected chi connectivity index (χ2v) is 15.9. The Labute approximate surface area is 367 Å². The molecule has 0 unspecified atom stereocenters. The van der Waals surface area contributed by atoms with Gasteiger partial charge in [-0.3, -0.25) is 33.6 Å². The third kappa shape index (κ3) is 23.9. The van der Waals surface area contributed by atoms with E-state index in [9.17, 15) is 38.4 Å². The van der Waals surface area contributed by atoms with Gasteiger partial charge < -0.3 is 35.5 Å². The summed E-state index contributed by atoms with van der Waals surface area (Å²) < 4.78 is 57.9. The highest BCUT2D eigenvalue weighted by Crippen LogP contribution is 2.16. The molecule has 0 aliphatic heterocycles. The van der Waals surface area contributed by atoms with Crippen LogP contribution in [0.4, 0.5) is 11.4 Å². The molecule has 16 heteroatoms. The number of anilines is 2. The van der Waals surface area contributed by atoms with E-state index in [-0.39, 0.29) is 58.9 Å². The molecule has 0 aliphatic carbocycles. The Bertz CT molecular complexity index is 1840. The summed E-state index contributed by atoms with van der Waals surface area (Å²) in [4.78, 5) is 96.3. The van der Waals surface area contributed by atoms with Crippen molar-refractivity contribution in [3.05, 3.63) is 59.7 Å². The minimum atomic E-state index is -2.82. The molecule has 15 nitrogen and oxygen atoms in total. The van der Waals surface area contributed by atoms with Crippen molar-refractivity contribution in [1.29, 1.82) is 0 Å². The number of benzene rings is 2. The number of hydrogen-bond acceptors (Lipinski definition) is 11. The fourth-order valence-corrected chi connectivity index (χ4v) is 5.58. The van der Waals surface area contributed by atoms with Gasteiger partial charge in [-0.05, 0) is 104 Å². The van der Waals surface area contributed by atoms with E-state index in [0.717, 1.165) is 0 Å². The highest BCUT2D eigenvalue weighted by molar-refractivity contribution is 6.28. The number of carbonyl (C=O) groups excluding carboxylic acids is 8. The van der Waals surface area contributed by atoms with Crippen molar-refractivity contribution in [3.63, 3.8) is 0 Å². The van der Waals surface area contributed by atoms with Crippen LogP contribution in [-0.2, 0) is 43.0 Å². The smallest absolute Gasteiger partial charge is 0.328 e. The topological polar surface area (TPSA) is 212 Å². The molecule has 0 saturated heterocycles. The Balaban J connectivity index is 0.000000660. The molecular weight excluding hydrogens is 796 g/mol. The summed E-state index contributed by atoms with van der Waals surface area (Å²) >= 11 is 5.68. The van der Waals surface area contributed by atoms with Crippen LogP contribution < -0.4 is 21.3 Å². The molecule has 0 saturated carbocycles. The molecule has 4 N–H and O–H groups in total. The highest BCUT2D eigenvalue weighted by Gasteiger charge is 2.23. The molecule has 0 fully saturated rings. The first kappa shape index (κ1) is 42.8. The second kappa shape index (κ2) is 26.7. The number of Topliss-reactive ketones (excluding diaryl/α,β-unsaturated/α-hetero) is 1. The third-order valence-electron chi connectivity index (χ3n) is 7.97. The molecule has 2 rings (SSSR count). The Morgan fingerprint density at radius 1 is 0.633 bits per heavy atom. The zero-order valence-electron chi connectivity index (χ0n) is 41.4. The van der Waals surface area contributed by atoms with E-state index in [0.29, 0.717) is 51.4 Å². The summed E-state index contributed by atoms with van der Waals surface area (Å²) in [6.45, 7) is 5.15. The first-order valence-corrected chi connectivity index (χ1v) is 20.0. The number of carbonyl (C=O) groups is 8. The Kier molecular flexibility index (Phi) is 19.1. The maximum absolute atomic E-state index is 12.6. The summed E-state index contributed by atoms with van der Waals surface area (Å²) in [5.74, 6) is -5.26. The molecule has 2 aromatic rings. The molecule has 0 aromatic heterocycles. The second-order valence-electron chi connectivity index (χ2n) is 15.6. The number of alkyl halides is 1. The van der Waals surface area contributed by atoms with Crippen molar-refractivity contribution in [1.82, 2.24) is 10.6 Å². The largest absolute Gasteiger partial charge is 0.467 e. The van der Waals surface area contributed by atoms with E-state index in [2.05, 4.69) is 21.3 Å². The van der Waals surface area contributed by atoms with E-state index < -0.39 is 66.6 Å². The van der Waals surface area contributed by atoms with E-state index in [1.165, 1.54) is 55.6 Å². The summed E-state index contributed by atoms with van der Waals surface area (Å²) in [5, 5.41) is 9.69. The van der Waals surface area contributed by atoms with Crippen LogP contribution in [0.2, 0.25) is 0 Å². The van der Waals surface area contributed by atoms with Gasteiger partial charge >= 0.3 is 17.9 Å². The van der Waals surface area contributed by atoms with Crippen LogP contribution in [0.3, 0.4) is 0 Å². The van der Waals surface area contributed by atoms with Gasteiger partial charge in [0.15, 0.2) is 5.78 Å². The van der Waals surface area contributed by atoms with Crippen LogP contribution in [-0.4, -0.2) is 83.6 Å². The number of methoxy groups -OCH3 is 1. The van der Waals surface area contributed by atoms with Crippen LogP contribution in [0.25, 0.3) is 0 Å². The zero-order chi connectivity index (χ0) is 50.5. The predicted molar refractivity (Wildman–Crippen MR) is 230 cm³/mol. The Hall–Kier alpha value is -5.31. The Morgan fingerprint density at radius 3 is 1.43 bits per heavy atom. The van der Waals surface area contributed by atoms with Gasteiger partial charge in [-0.15, -0.1) is 11.6 Å². The maximum Gasteiger partial charge on any atom is 0.328 e. The van der Waals surface area contributed by atoms with E-state index in [1.807, 2.05) is 0 Å². The van der Waals surface area contributed by atoms with Crippen molar-refractivity contribution >= 4 is 70.3 Å². The molecular formula is C44H63ClN4O11. The lowest BCUT2D eigenvalue weighted by atomic mass is 10.0.